The van der Waals surface area contributed by atoms with Crippen molar-refractivity contribution in [1.82, 2.24) is 19.6 Å². The third-order valence-electron chi connectivity index (χ3n) is 4.48. The molecule has 8 heteroatoms. The van der Waals surface area contributed by atoms with E-state index >= 15 is 0 Å². The number of hydrogen-bond donors (Lipinski definition) is 2. The summed E-state index contributed by atoms with van der Waals surface area (Å²) in [6, 6.07) is 7.68. The van der Waals surface area contributed by atoms with Gasteiger partial charge in [0.2, 0.25) is 11.7 Å². The molecule has 0 radical (unpaired) electrons. The highest BCUT2D eigenvalue weighted by Gasteiger charge is 2.20. The summed E-state index contributed by atoms with van der Waals surface area (Å²) < 4.78 is 1.89. The van der Waals surface area contributed by atoms with Crippen molar-refractivity contribution in [3.63, 3.8) is 0 Å². The number of H-pyrrole nitrogens is 1. The fraction of sp³-hybridized carbons (Fsp3) is 0.333. The first kappa shape index (κ1) is 16.8. The first-order chi connectivity index (χ1) is 12.6. The summed E-state index contributed by atoms with van der Waals surface area (Å²) >= 11 is 1.32. The molecule has 0 spiro atoms. The average molecular weight is 369 g/mol. The molecule has 0 fully saturated rings. The van der Waals surface area contributed by atoms with Crippen LogP contribution in [-0.4, -0.2) is 31.2 Å². The predicted octanol–water partition coefficient (Wildman–Crippen LogP) is 2.34. The molecule has 2 heterocycles. The molecule has 0 unspecified atom stereocenters. The summed E-state index contributed by atoms with van der Waals surface area (Å²) in [6.45, 7) is 1.98. The second-order valence-corrected chi connectivity index (χ2v) is 7.38. The SMILES string of the molecule is Cc1cccc(NC(=O)CSc2nnc3[nH]c(=O)c4c(n23)CCCC4)c1. The maximum absolute atomic E-state index is 12.3. The van der Waals surface area contributed by atoms with E-state index in [2.05, 4.69) is 20.5 Å². The van der Waals surface area contributed by atoms with E-state index in [-0.39, 0.29) is 17.2 Å². The number of aromatic amines is 1. The standard InChI is InChI=1S/C18H19N5O2S/c1-11-5-4-6-12(9-11)19-15(24)10-26-18-22-21-17-20-16(25)13-7-2-3-8-14(13)23(17)18/h4-6,9H,2-3,7-8,10H2,1H3,(H,19,24)(H,20,21,25). The highest BCUT2D eigenvalue weighted by molar-refractivity contribution is 7.99. The van der Waals surface area contributed by atoms with Crippen LogP contribution in [0.15, 0.2) is 34.2 Å². The zero-order valence-corrected chi connectivity index (χ0v) is 15.2. The minimum absolute atomic E-state index is 0.0756. The van der Waals surface area contributed by atoms with Crippen molar-refractivity contribution in [2.45, 2.75) is 37.8 Å². The summed E-state index contributed by atoms with van der Waals surface area (Å²) in [5.41, 5.74) is 3.59. The molecular weight excluding hydrogens is 350 g/mol. The molecule has 26 heavy (non-hydrogen) atoms. The Morgan fingerprint density at radius 2 is 2.15 bits per heavy atom. The predicted molar refractivity (Wildman–Crippen MR) is 101 cm³/mol. The van der Waals surface area contributed by atoms with Gasteiger partial charge in [0.1, 0.15) is 0 Å². The fourth-order valence-corrected chi connectivity index (χ4v) is 4.05. The maximum atomic E-state index is 12.3. The fourth-order valence-electron chi connectivity index (χ4n) is 3.30. The molecule has 0 atom stereocenters. The van der Waals surface area contributed by atoms with Crippen molar-refractivity contribution in [1.29, 1.82) is 0 Å². The number of anilines is 1. The Bertz CT molecular complexity index is 1040. The van der Waals surface area contributed by atoms with Gasteiger partial charge >= 0.3 is 0 Å². The minimum Gasteiger partial charge on any atom is -0.325 e. The van der Waals surface area contributed by atoms with E-state index in [1.807, 2.05) is 35.6 Å². The summed E-state index contributed by atoms with van der Waals surface area (Å²) in [7, 11) is 0. The zero-order valence-electron chi connectivity index (χ0n) is 14.4. The Morgan fingerprint density at radius 3 is 3.00 bits per heavy atom. The van der Waals surface area contributed by atoms with E-state index in [0.29, 0.717) is 10.9 Å². The highest BCUT2D eigenvalue weighted by atomic mass is 32.2. The number of nitrogens with one attached hydrogen (secondary N) is 2. The van der Waals surface area contributed by atoms with Gasteiger partial charge in [-0.25, -0.2) is 0 Å². The third kappa shape index (κ3) is 3.24. The molecular formula is C18H19N5O2S. The van der Waals surface area contributed by atoms with Gasteiger partial charge in [0.05, 0.1) is 5.75 Å². The van der Waals surface area contributed by atoms with E-state index in [4.69, 9.17) is 0 Å². The van der Waals surface area contributed by atoms with E-state index in [0.717, 1.165) is 48.2 Å². The van der Waals surface area contributed by atoms with Crippen molar-refractivity contribution in [3.05, 3.63) is 51.4 Å². The van der Waals surface area contributed by atoms with E-state index in [1.165, 1.54) is 11.8 Å². The lowest BCUT2D eigenvalue weighted by Gasteiger charge is -2.16. The van der Waals surface area contributed by atoms with Crippen molar-refractivity contribution < 1.29 is 4.79 Å². The molecule has 2 aromatic heterocycles. The summed E-state index contributed by atoms with van der Waals surface area (Å²) in [4.78, 5) is 27.2. The van der Waals surface area contributed by atoms with Crippen LogP contribution in [0.3, 0.4) is 0 Å². The van der Waals surface area contributed by atoms with E-state index in [1.54, 1.807) is 0 Å². The second kappa shape index (κ2) is 6.95. The third-order valence-corrected chi connectivity index (χ3v) is 5.40. The van der Waals surface area contributed by atoms with Gasteiger partial charge in [-0.2, -0.15) is 0 Å². The molecule has 0 saturated heterocycles. The van der Waals surface area contributed by atoms with Gasteiger partial charge in [0.25, 0.3) is 5.56 Å². The Hall–Kier alpha value is -2.61. The van der Waals surface area contributed by atoms with E-state index < -0.39 is 0 Å². The molecule has 0 bridgehead atoms. The lowest BCUT2D eigenvalue weighted by atomic mass is 9.97. The molecule has 0 aliphatic heterocycles. The normalized spacial score (nSPS) is 13.6. The van der Waals surface area contributed by atoms with Gasteiger partial charge < -0.3 is 5.32 Å². The average Bonchev–Trinajstić information content (AvgIpc) is 3.03. The van der Waals surface area contributed by atoms with Crippen LogP contribution in [0, 0.1) is 6.92 Å². The number of carbonyl (C=O) groups excluding carboxylic acids is 1. The lowest BCUT2D eigenvalue weighted by Crippen LogP contribution is -2.23. The van der Waals surface area contributed by atoms with Gasteiger partial charge in [-0.1, -0.05) is 23.9 Å². The molecule has 1 amide bonds. The smallest absolute Gasteiger partial charge is 0.255 e. The van der Waals surface area contributed by atoms with Crippen LogP contribution in [0.2, 0.25) is 0 Å². The highest BCUT2D eigenvalue weighted by Crippen LogP contribution is 2.23. The number of carbonyl (C=O) groups is 1. The molecule has 2 N–H and O–H groups in total. The number of thioether (sulfide) groups is 1. The van der Waals surface area contributed by atoms with Crippen molar-refractivity contribution >= 4 is 29.1 Å². The first-order valence-corrected chi connectivity index (χ1v) is 9.59. The molecule has 1 aliphatic carbocycles. The summed E-state index contributed by atoms with van der Waals surface area (Å²) in [5, 5.41) is 11.8. The lowest BCUT2D eigenvalue weighted by molar-refractivity contribution is -0.113. The van der Waals surface area contributed by atoms with Crippen LogP contribution >= 0.6 is 11.8 Å². The number of nitrogens with zero attached hydrogens (tertiary/aromatic N) is 3. The number of benzene rings is 1. The van der Waals surface area contributed by atoms with Crippen molar-refractivity contribution in [2.24, 2.45) is 0 Å². The van der Waals surface area contributed by atoms with Crippen LogP contribution in [-0.2, 0) is 17.6 Å². The van der Waals surface area contributed by atoms with Crippen LogP contribution in [0.4, 0.5) is 5.69 Å². The van der Waals surface area contributed by atoms with Crippen LogP contribution < -0.4 is 10.9 Å². The molecule has 1 aromatic carbocycles. The Morgan fingerprint density at radius 1 is 1.31 bits per heavy atom. The van der Waals surface area contributed by atoms with Gasteiger partial charge in [-0.15, -0.1) is 10.2 Å². The Balaban J connectivity index is 1.54. The van der Waals surface area contributed by atoms with Crippen molar-refractivity contribution in [3.8, 4) is 0 Å². The van der Waals surface area contributed by atoms with Crippen LogP contribution in [0.1, 0.15) is 29.7 Å². The topological polar surface area (TPSA) is 92.2 Å². The number of rotatable bonds is 4. The van der Waals surface area contributed by atoms with Crippen molar-refractivity contribution in [2.75, 3.05) is 11.1 Å². The molecule has 3 aromatic rings. The molecule has 134 valence electrons. The number of aryl methyl sites for hydroxylation is 2. The van der Waals surface area contributed by atoms with Crippen LogP contribution in [0.25, 0.3) is 5.78 Å². The van der Waals surface area contributed by atoms with Gasteiger partial charge in [-0.3, -0.25) is 19.0 Å². The minimum atomic E-state index is -0.101. The Labute approximate surface area is 154 Å². The number of hydrogen-bond acceptors (Lipinski definition) is 5. The molecule has 4 rings (SSSR count). The van der Waals surface area contributed by atoms with E-state index in [9.17, 15) is 9.59 Å². The summed E-state index contributed by atoms with van der Waals surface area (Å²) in [5.74, 6) is 0.565. The first-order valence-electron chi connectivity index (χ1n) is 8.60. The summed E-state index contributed by atoms with van der Waals surface area (Å²) in [6.07, 6.45) is 3.67. The zero-order chi connectivity index (χ0) is 18.1. The monoisotopic (exact) mass is 369 g/mol. The quantitative estimate of drug-likeness (QED) is 0.689. The molecule has 1 aliphatic rings. The second-order valence-electron chi connectivity index (χ2n) is 6.43. The number of amides is 1. The van der Waals surface area contributed by atoms with Crippen LogP contribution in [0.5, 0.6) is 0 Å². The largest absolute Gasteiger partial charge is 0.325 e. The van der Waals surface area contributed by atoms with Gasteiger partial charge in [0.15, 0.2) is 5.16 Å². The Kier molecular flexibility index (Phi) is 4.50. The maximum Gasteiger partial charge on any atom is 0.255 e. The van der Waals surface area contributed by atoms with Gasteiger partial charge in [0, 0.05) is 16.9 Å². The number of aromatic nitrogens is 4. The number of fused-ring (bicyclic) bond motifs is 3. The molecule has 7 nitrogen and oxygen atoms in total. The molecule has 0 saturated carbocycles. The van der Waals surface area contributed by atoms with Gasteiger partial charge in [-0.05, 0) is 50.3 Å².